The third kappa shape index (κ3) is 3.11. The van der Waals surface area contributed by atoms with Gasteiger partial charge in [-0.25, -0.2) is 0 Å². The van der Waals surface area contributed by atoms with Crippen LogP contribution in [0.4, 0.5) is 5.82 Å². The fraction of sp³-hybridized carbons (Fsp3) is 0.154. The highest BCUT2D eigenvalue weighted by molar-refractivity contribution is 5.80. The summed E-state index contributed by atoms with van der Waals surface area (Å²) in [4.78, 5) is 10.8. The third-order valence-electron chi connectivity index (χ3n) is 2.25. The predicted octanol–water partition coefficient (Wildman–Crippen LogP) is 2.14. The largest absolute Gasteiger partial charge is 0.362 e. The van der Waals surface area contributed by atoms with E-state index < -0.39 is 0 Å². The molecule has 0 amide bonds. The Kier molecular flexibility index (Phi) is 3.45. The number of carbonyl (C=O) groups is 1. The van der Waals surface area contributed by atoms with E-state index in [-0.39, 0.29) is 12.3 Å². The lowest BCUT2D eigenvalue weighted by Crippen LogP contribution is -2.11. The molecule has 0 aliphatic heterocycles. The van der Waals surface area contributed by atoms with Crippen molar-refractivity contribution in [1.29, 1.82) is 0 Å². The van der Waals surface area contributed by atoms with Crippen LogP contribution in [0.1, 0.15) is 6.92 Å². The van der Waals surface area contributed by atoms with Crippen LogP contribution in [0.3, 0.4) is 0 Å². The molecule has 0 radical (unpaired) electrons. The average molecular weight is 227 g/mol. The van der Waals surface area contributed by atoms with Gasteiger partial charge in [-0.1, -0.05) is 30.3 Å². The minimum atomic E-state index is 0.0685. The fourth-order valence-electron chi connectivity index (χ4n) is 1.40. The van der Waals surface area contributed by atoms with Gasteiger partial charge in [0.1, 0.15) is 11.6 Å². The molecule has 0 fully saturated rings. The van der Waals surface area contributed by atoms with Gasteiger partial charge in [-0.2, -0.15) is 0 Å². The molecule has 0 atom stereocenters. The molecular formula is C13H13N3O. The first-order valence-corrected chi connectivity index (χ1v) is 5.38. The second-order valence-electron chi connectivity index (χ2n) is 3.73. The smallest absolute Gasteiger partial charge is 0.149 e. The van der Waals surface area contributed by atoms with Crippen molar-refractivity contribution < 1.29 is 4.79 Å². The van der Waals surface area contributed by atoms with Gasteiger partial charge in [0.25, 0.3) is 0 Å². The number of hydrogen-bond donors (Lipinski definition) is 1. The van der Waals surface area contributed by atoms with E-state index in [4.69, 9.17) is 0 Å². The molecule has 0 unspecified atom stereocenters. The van der Waals surface area contributed by atoms with Crippen molar-refractivity contribution >= 4 is 11.6 Å². The summed E-state index contributed by atoms with van der Waals surface area (Å²) < 4.78 is 0. The van der Waals surface area contributed by atoms with Gasteiger partial charge in [0.2, 0.25) is 0 Å². The van der Waals surface area contributed by atoms with E-state index in [1.807, 2.05) is 42.5 Å². The predicted molar refractivity (Wildman–Crippen MR) is 66.6 cm³/mol. The minimum absolute atomic E-state index is 0.0685. The Balaban J connectivity index is 2.11. The van der Waals surface area contributed by atoms with Gasteiger partial charge in [-0.15, -0.1) is 10.2 Å². The molecule has 0 spiro atoms. The molecule has 2 rings (SSSR count). The normalized spacial score (nSPS) is 9.94. The lowest BCUT2D eigenvalue weighted by atomic mass is 10.1. The number of nitrogens with zero attached hydrogens (tertiary/aromatic N) is 2. The highest BCUT2D eigenvalue weighted by Crippen LogP contribution is 2.15. The van der Waals surface area contributed by atoms with Gasteiger partial charge in [-0.3, -0.25) is 4.79 Å². The summed E-state index contributed by atoms with van der Waals surface area (Å²) in [6.07, 6.45) is 0. The maximum absolute atomic E-state index is 10.8. The fourth-order valence-corrected chi connectivity index (χ4v) is 1.40. The Labute approximate surface area is 99.7 Å². The Bertz CT molecular complexity index is 494. The first kappa shape index (κ1) is 11.3. The quantitative estimate of drug-likeness (QED) is 0.869. The molecule has 86 valence electrons. The number of benzene rings is 1. The van der Waals surface area contributed by atoms with Gasteiger partial charge < -0.3 is 5.32 Å². The van der Waals surface area contributed by atoms with Crippen LogP contribution in [0, 0.1) is 0 Å². The summed E-state index contributed by atoms with van der Waals surface area (Å²) in [6.45, 7) is 1.80. The molecule has 0 saturated heterocycles. The summed E-state index contributed by atoms with van der Waals surface area (Å²) in [5, 5.41) is 11.0. The number of aromatic nitrogens is 2. The zero-order valence-electron chi connectivity index (χ0n) is 9.55. The van der Waals surface area contributed by atoms with Crippen molar-refractivity contribution in [2.45, 2.75) is 6.92 Å². The zero-order valence-corrected chi connectivity index (χ0v) is 9.55. The number of ketones is 1. The Morgan fingerprint density at radius 1 is 1.12 bits per heavy atom. The van der Waals surface area contributed by atoms with Gasteiger partial charge in [0, 0.05) is 5.56 Å². The Morgan fingerprint density at radius 2 is 1.88 bits per heavy atom. The molecule has 1 aromatic carbocycles. The van der Waals surface area contributed by atoms with Crippen molar-refractivity contribution in [1.82, 2.24) is 10.2 Å². The molecule has 2 aromatic rings. The molecule has 17 heavy (non-hydrogen) atoms. The van der Waals surface area contributed by atoms with Crippen molar-refractivity contribution in [3.05, 3.63) is 42.5 Å². The standard InChI is InChI=1S/C13H13N3O/c1-10(17)9-14-13-8-7-12(15-16-13)11-5-3-2-4-6-11/h2-8H,9H2,1H3,(H,14,16). The maximum atomic E-state index is 10.8. The van der Waals surface area contributed by atoms with Gasteiger partial charge in [0.15, 0.2) is 0 Å². The van der Waals surface area contributed by atoms with Crippen molar-refractivity contribution in [2.75, 3.05) is 11.9 Å². The van der Waals surface area contributed by atoms with Crippen LogP contribution in [-0.4, -0.2) is 22.5 Å². The van der Waals surface area contributed by atoms with E-state index in [9.17, 15) is 4.79 Å². The number of nitrogens with one attached hydrogen (secondary N) is 1. The van der Waals surface area contributed by atoms with Gasteiger partial charge in [-0.05, 0) is 19.1 Å². The molecule has 0 aliphatic carbocycles. The van der Waals surface area contributed by atoms with E-state index in [0.717, 1.165) is 11.3 Å². The highest BCUT2D eigenvalue weighted by Gasteiger charge is 2.00. The summed E-state index contributed by atoms with van der Waals surface area (Å²) in [5.41, 5.74) is 1.84. The molecule has 4 nitrogen and oxygen atoms in total. The topological polar surface area (TPSA) is 54.9 Å². The summed E-state index contributed by atoms with van der Waals surface area (Å²) in [6, 6.07) is 13.5. The minimum Gasteiger partial charge on any atom is -0.362 e. The molecule has 4 heteroatoms. The summed E-state index contributed by atoms with van der Waals surface area (Å²) in [5.74, 6) is 0.679. The molecule has 1 N–H and O–H groups in total. The third-order valence-corrected chi connectivity index (χ3v) is 2.25. The number of anilines is 1. The summed E-state index contributed by atoms with van der Waals surface area (Å²) >= 11 is 0. The first-order chi connectivity index (χ1) is 8.25. The zero-order chi connectivity index (χ0) is 12.1. The Morgan fingerprint density at radius 3 is 2.47 bits per heavy atom. The summed E-state index contributed by atoms with van der Waals surface area (Å²) in [7, 11) is 0. The molecule has 0 saturated carbocycles. The number of carbonyl (C=O) groups excluding carboxylic acids is 1. The van der Waals surface area contributed by atoms with Crippen LogP contribution in [0.15, 0.2) is 42.5 Å². The second kappa shape index (κ2) is 5.21. The van der Waals surface area contributed by atoms with E-state index in [1.54, 1.807) is 0 Å². The van der Waals surface area contributed by atoms with Crippen LogP contribution >= 0.6 is 0 Å². The van der Waals surface area contributed by atoms with Crippen LogP contribution in [0.5, 0.6) is 0 Å². The monoisotopic (exact) mass is 227 g/mol. The molecule has 0 bridgehead atoms. The van der Waals surface area contributed by atoms with Gasteiger partial charge in [0.05, 0.1) is 12.2 Å². The molecule has 1 aromatic heterocycles. The lowest BCUT2D eigenvalue weighted by Gasteiger charge is -2.03. The van der Waals surface area contributed by atoms with E-state index in [2.05, 4.69) is 15.5 Å². The van der Waals surface area contributed by atoms with Crippen LogP contribution < -0.4 is 5.32 Å². The van der Waals surface area contributed by atoms with Gasteiger partial charge >= 0.3 is 0 Å². The number of rotatable bonds is 4. The van der Waals surface area contributed by atoms with Crippen molar-refractivity contribution in [3.8, 4) is 11.3 Å². The second-order valence-corrected chi connectivity index (χ2v) is 3.73. The number of Topliss-reactive ketones (excluding diaryl/α,β-unsaturated/α-hetero) is 1. The molecule has 1 heterocycles. The Hall–Kier alpha value is -2.23. The van der Waals surface area contributed by atoms with Crippen LogP contribution in [0.2, 0.25) is 0 Å². The highest BCUT2D eigenvalue weighted by atomic mass is 16.1. The maximum Gasteiger partial charge on any atom is 0.149 e. The molecular weight excluding hydrogens is 214 g/mol. The first-order valence-electron chi connectivity index (χ1n) is 5.38. The lowest BCUT2D eigenvalue weighted by molar-refractivity contribution is -0.115. The van der Waals surface area contributed by atoms with Crippen molar-refractivity contribution in [3.63, 3.8) is 0 Å². The SMILES string of the molecule is CC(=O)CNc1ccc(-c2ccccc2)nn1. The van der Waals surface area contributed by atoms with E-state index >= 15 is 0 Å². The van der Waals surface area contributed by atoms with Crippen molar-refractivity contribution in [2.24, 2.45) is 0 Å². The van der Waals surface area contributed by atoms with E-state index in [0.29, 0.717) is 5.82 Å². The average Bonchev–Trinajstić information content (AvgIpc) is 2.38. The number of hydrogen-bond acceptors (Lipinski definition) is 4. The molecule has 0 aliphatic rings. The van der Waals surface area contributed by atoms with E-state index in [1.165, 1.54) is 6.92 Å². The van der Waals surface area contributed by atoms with Crippen LogP contribution in [-0.2, 0) is 4.79 Å². The van der Waals surface area contributed by atoms with Crippen LogP contribution in [0.25, 0.3) is 11.3 Å².